The Kier molecular flexibility index (Phi) is 24.3. The Hall–Kier alpha value is -5.62. The lowest BCUT2D eigenvalue weighted by molar-refractivity contribution is -0.121. The van der Waals surface area contributed by atoms with Crippen molar-refractivity contribution in [2.75, 3.05) is 21.0 Å². The predicted octanol–water partition coefficient (Wildman–Crippen LogP) is 14.4. The molecule has 0 bridgehead atoms. The average molecular weight is 829 g/mol. The summed E-state index contributed by atoms with van der Waals surface area (Å²) in [6.07, 6.45) is 19.5. The molecule has 1 aliphatic heterocycles. The number of hydrogen-bond acceptors (Lipinski definition) is 6. The van der Waals surface area contributed by atoms with Gasteiger partial charge in [0.1, 0.15) is 23.1 Å². The second-order valence-corrected chi connectivity index (χ2v) is 13.7. The minimum absolute atomic E-state index is 0.148. The third-order valence-corrected chi connectivity index (χ3v) is 10.2. The quantitative estimate of drug-likeness (QED) is 0.159. The number of para-hydroxylation sites is 2. The first-order valence-electron chi connectivity index (χ1n) is 22.4. The van der Waals surface area contributed by atoms with Gasteiger partial charge in [-0.1, -0.05) is 176 Å². The van der Waals surface area contributed by atoms with E-state index in [1.807, 2.05) is 165 Å². The van der Waals surface area contributed by atoms with Crippen molar-refractivity contribution in [2.24, 2.45) is 0 Å². The molecule has 6 heteroatoms. The molecule has 6 nitrogen and oxygen atoms in total. The van der Waals surface area contributed by atoms with Crippen molar-refractivity contribution < 1.29 is 28.5 Å². The van der Waals surface area contributed by atoms with Crippen LogP contribution in [-0.2, 0) is 20.4 Å². The van der Waals surface area contributed by atoms with Crippen LogP contribution in [0.5, 0.6) is 23.0 Å². The van der Waals surface area contributed by atoms with Gasteiger partial charge in [-0.2, -0.15) is 0 Å². The van der Waals surface area contributed by atoms with E-state index in [-0.39, 0.29) is 17.6 Å². The zero-order chi connectivity index (χ0) is 44.9. The van der Waals surface area contributed by atoms with Crippen molar-refractivity contribution in [3.05, 3.63) is 168 Å². The molecular weight excluding hydrogens is 757 g/mol. The fourth-order valence-electron chi connectivity index (χ4n) is 6.77. The van der Waals surface area contributed by atoms with Crippen LogP contribution in [0.15, 0.2) is 157 Å². The van der Waals surface area contributed by atoms with Gasteiger partial charge >= 0.3 is 0 Å². The van der Waals surface area contributed by atoms with Gasteiger partial charge in [0.2, 0.25) is 6.79 Å². The van der Waals surface area contributed by atoms with Gasteiger partial charge in [-0.3, -0.25) is 9.59 Å². The predicted molar refractivity (Wildman–Crippen MR) is 255 cm³/mol. The van der Waals surface area contributed by atoms with E-state index in [9.17, 15) is 9.59 Å². The van der Waals surface area contributed by atoms with E-state index in [2.05, 4.69) is 36.4 Å². The molecule has 4 aliphatic carbocycles. The van der Waals surface area contributed by atoms with Gasteiger partial charge in [0.25, 0.3) is 0 Å². The minimum atomic E-state index is -0.273. The average Bonchev–Trinajstić information content (AvgIpc) is 4.13. The van der Waals surface area contributed by atoms with Crippen LogP contribution in [0.2, 0.25) is 0 Å². The second kappa shape index (κ2) is 28.8. The van der Waals surface area contributed by atoms with Crippen LogP contribution in [0.4, 0.5) is 0 Å². The van der Waals surface area contributed by atoms with Crippen molar-refractivity contribution in [1.82, 2.24) is 0 Å². The highest BCUT2D eigenvalue weighted by Crippen LogP contribution is 2.52. The standard InChI is InChI=1S/C17H16O3.C16H16O.2C7H8O.4C2H6/c18-16(9-12-3-1-2-4-12)17(7-8-17)13-5-6-14-15(10-13)20-11-19-14;17-15(12-13-6-4-5-7-13)16(10-11-16)14-8-2-1-3-9-14;2*1-8-7-5-3-2-4-6-7;4*1-2/h1-3,5-6,10H,4,7-9,11H2;1-6,8-9H,7,10-12H2;2*2-6H,1H3;4*1-2H3. The highest BCUT2D eigenvalue weighted by molar-refractivity contribution is 5.95. The summed E-state index contributed by atoms with van der Waals surface area (Å²) >= 11 is 0. The first kappa shape index (κ1) is 51.5. The molecule has 0 amide bonds. The fourth-order valence-corrected chi connectivity index (χ4v) is 6.77. The fraction of sp³-hybridized carbons (Fsp3) is 0.382. The maximum Gasteiger partial charge on any atom is 0.231 e. The maximum absolute atomic E-state index is 12.6. The van der Waals surface area contributed by atoms with E-state index < -0.39 is 0 Å². The number of ketones is 2. The first-order chi connectivity index (χ1) is 30.0. The molecule has 0 N–H and O–H groups in total. The summed E-state index contributed by atoms with van der Waals surface area (Å²) in [6, 6.07) is 35.5. The van der Waals surface area contributed by atoms with Crippen LogP contribution in [0, 0.1) is 0 Å². The van der Waals surface area contributed by atoms with E-state index in [4.69, 9.17) is 18.9 Å². The smallest absolute Gasteiger partial charge is 0.231 e. The van der Waals surface area contributed by atoms with Crippen molar-refractivity contribution in [2.45, 2.75) is 118 Å². The van der Waals surface area contributed by atoms with Gasteiger partial charge in [0.15, 0.2) is 11.5 Å². The van der Waals surface area contributed by atoms with Crippen LogP contribution in [0.3, 0.4) is 0 Å². The summed E-state index contributed by atoms with van der Waals surface area (Å²) in [5.41, 5.74) is 4.35. The summed E-state index contributed by atoms with van der Waals surface area (Å²) in [5, 5.41) is 0. The molecule has 0 unspecified atom stereocenters. The van der Waals surface area contributed by atoms with Gasteiger partial charge in [-0.15, -0.1) is 0 Å². The van der Waals surface area contributed by atoms with Crippen LogP contribution >= 0.6 is 0 Å². The molecular formula is C55H72O6. The Balaban J connectivity index is 0.000000282. The summed E-state index contributed by atoms with van der Waals surface area (Å²) in [5.74, 6) is 4.10. The van der Waals surface area contributed by atoms with Crippen molar-refractivity contribution in [3.63, 3.8) is 0 Å². The number of carbonyl (C=O) groups excluding carboxylic acids is 2. The van der Waals surface area contributed by atoms with Gasteiger partial charge in [0, 0.05) is 12.8 Å². The highest BCUT2D eigenvalue weighted by Gasteiger charge is 2.51. The van der Waals surface area contributed by atoms with Crippen LogP contribution < -0.4 is 18.9 Å². The molecule has 0 saturated heterocycles. The minimum Gasteiger partial charge on any atom is -0.497 e. The molecule has 0 radical (unpaired) electrons. The Bertz CT molecular complexity index is 1910. The van der Waals surface area contributed by atoms with E-state index in [1.54, 1.807) is 14.2 Å². The summed E-state index contributed by atoms with van der Waals surface area (Å²) < 4.78 is 20.6. The molecule has 61 heavy (non-hydrogen) atoms. The Labute approximate surface area is 368 Å². The number of carbonyl (C=O) groups is 2. The molecule has 328 valence electrons. The van der Waals surface area contributed by atoms with E-state index >= 15 is 0 Å². The Morgan fingerprint density at radius 3 is 1.26 bits per heavy atom. The first-order valence-corrected chi connectivity index (χ1v) is 22.4. The van der Waals surface area contributed by atoms with Gasteiger partial charge in [0.05, 0.1) is 25.0 Å². The van der Waals surface area contributed by atoms with Crippen LogP contribution in [0.1, 0.15) is 118 Å². The van der Waals surface area contributed by atoms with E-state index in [1.165, 1.54) is 16.7 Å². The Morgan fingerprint density at radius 1 is 0.508 bits per heavy atom. The number of benzene rings is 4. The molecule has 0 aromatic heterocycles. The topological polar surface area (TPSA) is 71.1 Å². The number of fused-ring (bicyclic) bond motifs is 1. The third kappa shape index (κ3) is 15.7. The molecule has 9 rings (SSSR count). The number of Topliss-reactive ketones (excluding diaryl/α,β-unsaturated/α-hetero) is 2. The number of methoxy groups -OCH3 is 2. The van der Waals surface area contributed by atoms with E-state index in [0.717, 1.165) is 67.1 Å². The lowest BCUT2D eigenvalue weighted by Crippen LogP contribution is -2.20. The second-order valence-electron chi connectivity index (χ2n) is 13.7. The molecule has 1 heterocycles. The third-order valence-electron chi connectivity index (χ3n) is 10.2. The molecule has 2 fully saturated rings. The van der Waals surface area contributed by atoms with Crippen molar-refractivity contribution >= 4 is 11.6 Å². The highest BCUT2D eigenvalue weighted by atomic mass is 16.7. The maximum atomic E-state index is 12.6. The van der Waals surface area contributed by atoms with Crippen LogP contribution in [0.25, 0.3) is 0 Å². The number of hydrogen-bond donors (Lipinski definition) is 0. The molecule has 5 aliphatic rings. The lowest BCUT2D eigenvalue weighted by atomic mass is 9.87. The summed E-state index contributed by atoms with van der Waals surface area (Å²) in [4.78, 5) is 25.1. The van der Waals surface area contributed by atoms with E-state index in [0.29, 0.717) is 24.4 Å². The van der Waals surface area contributed by atoms with Crippen molar-refractivity contribution in [1.29, 1.82) is 0 Å². The molecule has 2 saturated carbocycles. The molecule has 0 spiro atoms. The largest absolute Gasteiger partial charge is 0.497 e. The molecule has 4 aromatic carbocycles. The lowest BCUT2D eigenvalue weighted by Gasteiger charge is -2.15. The SMILES string of the molecule is CC.CC.CC.CC.COc1ccccc1.COc1ccccc1.O=C(CC1=CC=CC1)C1(c2ccc3c(c2)OCO3)CC1.O=C(CC1=CC=CC1)C1(c2ccccc2)CC1. The number of ether oxygens (including phenoxy) is 4. The zero-order valence-electron chi connectivity index (χ0n) is 38.7. The molecule has 4 aromatic rings. The number of allylic oxidation sites excluding steroid dienone is 8. The normalized spacial score (nSPS) is 15.1. The summed E-state index contributed by atoms with van der Waals surface area (Å²) in [7, 11) is 3.32. The Morgan fingerprint density at radius 2 is 0.902 bits per heavy atom. The van der Waals surface area contributed by atoms with Crippen LogP contribution in [-0.4, -0.2) is 32.6 Å². The van der Waals surface area contributed by atoms with Gasteiger partial charge in [-0.25, -0.2) is 0 Å². The van der Waals surface area contributed by atoms with Crippen molar-refractivity contribution in [3.8, 4) is 23.0 Å². The molecule has 0 atom stereocenters. The van der Waals surface area contributed by atoms with Gasteiger partial charge < -0.3 is 18.9 Å². The number of rotatable bonds is 10. The zero-order valence-corrected chi connectivity index (χ0v) is 38.7. The monoisotopic (exact) mass is 829 g/mol. The summed E-state index contributed by atoms with van der Waals surface area (Å²) in [6.45, 7) is 16.3. The van der Waals surface area contributed by atoms with Gasteiger partial charge in [-0.05, 0) is 86.1 Å².